The quantitative estimate of drug-likeness (QED) is 0.539. The van der Waals surface area contributed by atoms with Crippen LogP contribution in [0.1, 0.15) is 20.3 Å². The lowest BCUT2D eigenvalue weighted by Gasteiger charge is -2.19. The van der Waals surface area contributed by atoms with Crippen LogP contribution in [-0.2, 0) is 0 Å². The Kier molecular flexibility index (Phi) is 4.81. The van der Waals surface area contributed by atoms with Crippen LogP contribution in [0.2, 0.25) is 0 Å². The van der Waals surface area contributed by atoms with Crippen LogP contribution in [0.25, 0.3) is 0 Å². The summed E-state index contributed by atoms with van der Waals surface area (Å²) in [6.45, 7) is 7.26. The van der Waals surface area contributed by atoms with Gasteiger partial charge in [0.05, 0.1) is 0 Å². The zero-order valence-electron chi connectivity index (χ0n) is 9.45. The molecule has 0 saturated carbocycles. The lowest BCUT2D eigenvalue weighted by Crippen LogP contribution is -2.47. The van der Waals surface area contributed by atoms with E-state index in [-0.39, 0.29) is 0 Å². The molecule has 4 nitrogen and oxygen atoms in total. The maximum atomic E-state index is 9.51. The van der Waals surface area contributed by atoms with E-state index in [4.69, 9.17) is 0 Å². The third kappa shape index (κ3) is 4.37. The van der Waals surface area contributed by atoms with Gasteiger partial charge in [-0.25, -0.2) is 0 Å². The highest BCUT2D eigenvalue weighted by atomic mass is 16.3. The van der Waals surface area contributed by atoms with Crippen molar-refractivity contribution in [2.24, 2.45) is 5.92 Å². The Morgan fingerprint density at radius 3 is 2.71 bits per heavy atom. The standard InChI is InChI=1S/C10H23N3O/c1-8(2)12-10(14)11-6-9-4-5-13(3)7-9/h8-12,14H,4-7H2,1-3H3. The van der Waals surface area contributed by atoms with E-state index >= 15 is 0 Å². The first-order chi connectivity index (χ1) is 6.58. The molecule has 0 amide bonds. The summed E-state index contributed by atoms with van der Waals surface area (Å²) in [5.74, 6) is 0.684. The number of hydrogen-bond acceptors (Lipinski definition) is 4. The predicted molar refractivity (Wildman–Crippen MR) is 57.9 cm³/mol. The van der Waals surface area contributed by atoms with Crippen LogP contribution < -0.4 is 10.6 Å². The van der Waals surface area contributed by atoms with Crippen molar-refractivity contribution in [3.05, 3.63) is 0 Å². The van der Waals surface area contributed by atoms with Gasteiger partial charge in [-0.3, -0.25) is 10.6 Å². The Morgan fingerprint density at radius 1 is 1.50 bits per heavy atom. The highest BCUT2D eigenvalue weighted by molar-refractivity contribution is 4.75. The van der Waals surface area contributed by atoms with E-state index in [0.717, 1.165) is 13.1 Å². The van der Waals surface area contributed by atoms with Gasteiger partial charge in [0.1, 0.15) is 0 Å². The van der Waals surface area contributed by atoms with Crippen molar-refractivity contribution in [1.82, 2.24) is 15.5 Å². The minimum atomic E-state index is -0.569. The first kappa shape index (κ1) is 11.9. The van der Waals surface area contributed by atoms with Crippen LogP contribution in [0.3, 0.4) is 0 Å². The Balaban J connectivity index is 2.08. The summed E-state index contributed by atoms with van der Waals surface area (Å²) in [5.41, 5.74) is 0. The van der Waals surface area contributed by atoms with Gasteiger partial charge in [-0.15, -0.1) is 0 Å². The smallest absolute Gasteiger partial charge is 0.160 e. The lowest BCUT2D eigenvalue weighted by atomic mass is 10.1. The maximum absolute atomic E-state index is 9.51. The van der Waals surface area contributed by atoms with Crippen molar-refractivity contribution < 1.29 is 5.11 Å². The molecule has 2 atom stereocenters. The minimum Gasteiger partial charge on any atom is -0.365 e. The van der Waals surface area contributed by atoms with Gasteiger partial charge in [-0.05, 0) is 39.8 Å². The monoisotopic (exact) mass is 201 g/mol. The second-order valence-corrected chi connectivity index (χ2v) is 4.55. The van der Waals surface area contributed by atoms with Crippen LogP contribution >= 0.6 is 0 Å². The first-order valence-corrected chi connectivity index (χ1v) is 5.44. The molecule has 1 aliphatic rings. The molecule has 1 heterocycles. The van der Waals surface area contributed by atoms with Gasteiger partial charge in [0.25, 0.3) is 0 Å². The highest BCUT2D eigenvalue weighted by Crippen LogP contribution is 2.12. The molecular formula is C10H23N3O. The van der Waals surface area contributed by atoms with Gasteiger partial charge in [0.15, 0.2) is 6.35 Å². The van der Waals surface area contributed by atoms with Gasteiger partial charge in [0, 0.05) is 19.1 Å². The number of aliphatic hydroxyl groups is 1. The van der Waals surface area contributed by atoms with Crippen LogP contribution in [0.15, 0.2) is 0 Å². The minimum absolute atomic E-state index is 0.309. The second-order valence-electron chi connectivity index (χ2n) is 4.55. The summed E-state index contributed by atoms with van der Waals surface area (Å²) in [6.07, 6.45) is 0.665. The van der Waals surface area contributed by atoms with Gasteiger partial charge < -0.3 is 10.0 Å². The molecule has 3 N–H and O–H groups in total. The van der Waals surface area contributed by atoms with E-state index in [0.29, 0.717) is 12.0 Å². The molecule has 1 rings (SSSR count). The third-order valence-corrected chi connectivity index (χ3v) is 2.58. The molecule has 0 aliphatic carbocycles. The number of hydrogen-bond donors (Lipinski definition) is 3. The fourth-order valence-corrected chi connectivity index (χ4v) is 1.85. The number of nitrogens with one attached hydrogen (secondary N) is 2. The topological polar surface area (TPSA) is 47.5 Å². The Bertz CT molecular complexity index is 163. The SMILES string of the molecule is CC(C)NC(O)NCC1CCN(C)C1. The van der Waals surface area contributed by atoms with Crippen LogP contribution in [-0.4, -0.2) is 49.1 Å². The van der Waals surface area contributed by atoms with E-state index in [1.165, 1.54) is 13.0 Å². The Labute approximate surface area is 86.7 Å². The molecule has 0 bridgehead atoms. The highest BCUT2D eigenvalue weighted by Gasteiger charge is 2.19. The van der Waals surface area contributed by atoms with Crippen LogP contribution in [0.4, 0.5) is 0 Å². The molecule has 0 aromatic carbocycles. The van der Waals surface area contributed by atoms with Crippen molar-refractivity contribution in [3.63, 3.8) is 0 Å². The predicted octanol–water partition coefficient (Wildman–Crippen LogP) is -0.198. The molecule has 0 aromatic heterocycles. The van der Waals surface area contributed by atoms with Crippen molar-refractivity contribution in [2.45, 2.75) is 32.7 Å². The van der Waals surface area contributed by atoms with Crippen LogP contribution in [0, 0.1) is 5.92 Å². The molecule has 4 heteroatoms. The normalized spacial score (nSPS) is 25.9. The second kappa shape index (κ2) is 5.66. The van der Waals surface area contributed by atoms with E-state index < -0.39 is 6.35 Å². The molecule has 0 aromatic rings. The summed E-state index contributed by atoms with van der Waals surface area (Å²) in [5, 5.41) is 15.6. The van der Waals surface area contributed by atoms with E-state index in [1.54, 1.807) is 0 Å². The molecule has 0 radical (unpaired) electrons. The number of rotatable bonds is 5. The summed E-state index contributed by atoms with van der Waals surface area (Å²) < 4.78 is 0. The molecule has 84 valence electrons. The third-order valence-electron chi connectivity index (χ3n) is 2.58. The average Bonchev–Trinajstić information content (AvgIpc) is 2.47. The summed E-state index contributed by atoms with van der Waals surface area (Å²) >= 11 is 0. The Hall–Kier alpha value is -0.160. The van der Waals surface area contributed by atoms with Crippen LogP contribution in [0.5, 0.6) is 0 Å². The summed E-state index contributed by atoms with van der Waals surface area (Å²) in [6, 6.07) is 0.309. The molecule has 1 fully saturated rings. The van der Waals surface area contributed by atoms with Crippen molar-refractivity contribution >= 4 is 0 Å². The summed E-state index contributed by atoms with van der Waals surface area (Å²) in [4.78, 5) is 2.33. The van der Waals surface area contributed by atoms with Crippen molar-refractivity contribution in [3.8, 4) is 0 Å². The van der Waals surface area contributed by atoms with E-state index in [2.05, 4.69) is 22.6 Å². The first-order valence-electron chi connectivity index (χ1n) is 5.44. The number of likely N-dealkylation sites (tertiary alicyclic amines) is 1. The van der Waals surface area contributed by atoms with Gasteiger partial charge >= 0.3 is 0 Å². The van der Waals surface area contributed by atoms with Gasteiger partial charge in [-0.2, -0.15) is 0 Å². The molecule has 0 spiro atoms. The number of aliphatic hydroxyl groups excluding tert-OH is 1. The molecule has 1 saturated heterocycles. The molecule has 2 unspecified atom stereocenters. The van der Waals surface area contributed by atoms with Crippen molar-refractivity contribution in [1.29, 1.82) is 0 Å². The zero-order valence-corrected chi connectivity index (χ0v) is 9.45. The number of nitrogens with zero attached hydrogens (tertiary/aromatic N) is 1. The van der Waals surface area contributed by atoms with Gasteiger partial charge in [0.2, 0.25) is 0 Å². The maximum Gasteiger partial charge on any atom is 0.160 e. The van der Waals surface area contributed by atoms with Crippen molar-refractivity contribution in [2.75, 3.05) is 26.7 Å². The van der Waals surface area contributed by atoms with E-state index in [9.17, 15) is 5.11 Å². The summed E-state index contributed by atoms with van der Waals surface area (Å²) in [7, 11) is 2.14. The molecule has 1 aliphatic heterocycles. The molecule has 14 heavy (non-hydrogen) atoms. The average molecular weight is 201 g/mol. The fraction of sp³-hybridized carbons (Fsp3) is 1.00. The Morgan fingerprint density at radius 2 is 2.21 bits per heavy atom. The zero-order chi connectivity index (χ0) is 10.6. The molecular weight excluding hydrogens is 178 g/mol. The van der Waals surface area contributed by atoms with Gasteiger partial charge in [-0.1, -0.05) is 0 Å². The lowest BCUT2D eigenvalue weighted by molar-refractivity contribution is 0.0883. The largest absolute Gasteiger partial charge is 0.365 e. The van der Waals surface area contributed by atoms with E-state index in [1.807, 2.05) is 13.8 Å². The fourth-order valence-electron chi connectivity index (χ4n) is 1.85.